The summed E-state index contributed by atoms with van der Waals surface area (Å²) in [6, 6.07) is 9.20. The van der Waals surface area contributed by atoms with Crippen LogP contribution in [0.5, 0.6) is 5.88 Å². The quantitative estimate of drug-likeness (QED) is 0.603. The smallest absolute Gasteiger partial charge is 0.269 e. The van der Waals surface area contributed by atoms with Crippen LogP contribution in [0.1, 0.15) is 10.4 Å². The van der Waals surface area contributed by atoms with Crippen LogP contribution >= 0.6 is 15.9 Å². The summed E-state index contributed by atoms with van der Waals surface area (Å²) in [4.78, 5) is 28.1. The first-order chi connectivity index (χ1) is 11.0. The van der Waals surface area contributed by atoms with Crippen molar-refractivity contribution in [1.29, 1.82) is 0 Å². The van der Waals surface area contributed by atoms with Crippen molar-refractivity contribution in [3.8, 4) is 5.88 Å². The summed E-state index contributed by atoms with van der Waals surface area (Å²) in [6.45, 7) is 0.914. The average Bonchev–Trinajstić information content (AvgIpc) is 2.51. The number of non-ortho nitro benzene ring substituents is 1. The second-order valence-electron chi connectivity index (χ2n) is 5.04. The summed E-state index contributed by atoms with van der Waals surface area (Å²) < 4.78 is 6.47. The van der Waals surface area contributed by atoms with E-state index in [2.05, 4.69) is 20.9 Å². The molecule has 7 nitrogen and oxygen atoms in total. The summed E-state index contributed by atoms with van der Waals surface area (Å²) in [6.07, 6.45) is 1.53. The lowest BCUT2D eigenvalue weighted by molar-refractivity contribution is -0.384. The van der Waals surface area contributed by atoms with Crippen molar-refractivity contribution in [2.24, 2.45) is 0 Å². The highest BCUT2D eigenvalue weighted by atomic mass is 79.9. The SMILES string of the molecule is O=C(c1ccc([N+](=O)[O-])cc1)N1CC(Oc2ncccc2Br)C1. The van der Waals surface area contributed by atoms with E-state index in [4.69, 9.17) is 4.74 Å². The van der Waals surface area contributed by atoms with Crippen LogP contribution in [-0.4, -0.2) is 39.9 Å². The molecule has 1 aromatic carbocycles. The van der Waals surface area contributed by atoms with Crippen LogP contribution in [0, 0.1) is 10.1 Å². The zero-order valence-corrected chi connectivity index (χ0v) is 13.5. The fraction of sp³-hybridized carbons (Fsp3) is 0.200. The van der Waals surface area contributed by atoms with Gasteiger partial charge in [0.05, 0.1) is 22.5 Å². The monoisotopic (exact) mass is 377 g/mol. The number of ether oxygens (including phenoxy) is 1. The third kappa shape index (κ3) is 3.31. The van der Waals surface area contributed by atoms with E-state index in [0.717, 1.165) is 4.47 Å². The topological polar surface area (TPSA) is 85.6 Å². The molecule has 2 aromatic rings. The Bertz CT molecular complexity index is 745. The number of hydrogen-bond donors (Lipinski definition) is 0. The van der Waals surface area contributed by atoms with Crippen LogP contribution in [0.15, 0.2) is 47.1 Å². The molecule has 0 atom stereocenters. The molecule has 1 amide bonds. The van der Waals surface area contributed by atoms with Gasteiger partial charge >= 0.3 is 0 Å². The second kappa shape index (κ2) is 6.33. The van der Waals surface area contributed by atoms with Crippen molar-refractivity contribution in [1.82, 2.24) is 9.88 Å². The molecule has 1 saturated heterocycles. The van der Waals surface area contributed by atoms with Gasteiger partial charge in [0, 0.05) is 23.9 Å². The molecule has 0 aliphatic carbocycles. The number of nitro groups is 1. The molecule has 1 fully saturated rings. The molecule has 0 N–H and O–H groups in total. The van der Waals surface area contributed by atoms with Gasteiger partial charge in [-0.05, 0) is 40.2 Å². The van der Waals surface area contributed by atoms with E-state index in [-0.39, 0.29) is 17.7 Å². The first-order valence-corrected chi connectivity index (χ1v) is 7.65. The normalized spacial score (nSPS) is 14.2. The number of benzene rings is 1. The minimum atomic E-state index is -0.494. The van der Waals surface area contributed by atoms with Crippen molar-refractivity contribution in [2.75, 3.05) is 13.1 Å². The maximum Gasteiger partial charge on any atom is 0.269 e. The van der Waals surface area contributed by atoms with Crippen molar-refractivity contribution in [3.63, 3.8) is 0 Å². The zero-order chi connectivity index (χ0) is 16.4. The largest absolute Gasteiger partial charge is 0.470 e. The summed E-state index contributed by atoms with van der Waals surface area (Å²) in [5.41, 5.74) is 0.388. The highest BCUT2D eigenvalue weighted by Gasteiger charge is 2.33. The Morgan fingerprint density at radius 3 is 2.61 bits per heavy atom. The van der Waals surface area contributed by atoms with Crippen LogP contribution < -0.4 is 4.74 Å². The first-order valence-electron chi connectivity index (χ1n) is 6.85. The molecular weight excluding hydrogens is 366 g/mol. The Kier molecular flexibility index (Phi) is 4.24. The summed E-state index contributed by atoms with van der Waals surface area (Å²) in [5.74, 6) is 0.333. The molecule has 23 heavy (non-hydrogen) atoms. The van der Waals surface area contributed by atoms with Gasteiger partial charge in [0.1, 0.15) is 6.10 Å². The maximum absolute atomic E-state index is 12.2. The van der Waals surface area contributed by atoms with Crippen LogP contribution in [-0.2, 0) is 0 Å². The van der Waals surface area contributed by atoms with Gasteiger partial charge in [-0.1, -0.05) is 0 Å². The number of rotatable bonds is 4. The van der Waals surface area contributed by atoms with Crippen molar-refractivity contribution in [2.45, 2.75) is 6.10 Å². The molecule has 1 aliphatic heterocycles. The van der Waals surface area contributed by atoms with Crippen molar-refractivity contribution in [3.05, 3.63) is 62.7 Å². The number of carbonyl (C=O) groups excluding carboxylic acids is 1. The van der Waals surface area contributed by atoms with Gasteiger partial charge in [-0.2, -0.15) is 0 Å². The standard InChI is InChI=1S/C15H12BrN3O4/c16-13-2-1-7-17-14(13)23-12-8-18(9-12)15(20)10-3-5-11(6-4-10)19(21)22/h1-7,12H,8-9H2. The number of nitrogens with zero attached hydrogens (tertiary/aromatic N) is 3. The van der Waals surface area contributed by atoms with Crippen LogP contribution in [0.4, 0.5) is 5.69 Å². The second-order valence-corrected chi connectivity index (χ2v) is 5.90. The molecule has 118 valence electrons. The number of likely N-dealkylation sites (tertiary alicyclic amines) is 1. The van der Waals surface area contributed by atoms with E-state index in [1.165, 1.54) is 24.3 Å². The summed E-state index contributed by atoms with van der Waals surface area (Å²) in [7, 11) is 0. The lowest BCUT2D eigenvalue weighted by Gasteiger charge is -2.38. The van der Waals surface area contributed by atoms with E-state index in [9.17, 15) is 14.9 Å². The van der Waals surface area contributed by atoms with E-state index in [1.807, 2.05) is 6.07 Å². The molecule has 0 saturated carbocycles. The Balaban J connectivity index is 1.57. The lowest BCUT2D eigenvalue weighted by Crippen LogP contribution is -2.56. The minimum Gasteiger partial charge on any atom is -0.470 e. The van der Waals surface area contributed by atoms with Crippen LogP contribution in [0.3, 0.4) is 0 Å². The molecule has 0 spiro atoms. The fourth-order valence-electron chi connectivity index (χ4n) is 2.20. The Morgan fingerprint density at radius 2 is 2.00 bits per heavy atom. The van der Waals surface area contributed by atoms with Gasteiger partial charge in [0.15, 0.2) is 0 Å². The molecule has 3 rings (SSSR count). The lowest BCUT2D eigenvalue weighted by atomic mass is 10.1. The number of amides is 1. The van der Waals surface area contributed by atoms with Crippen LogP contribution in [0.2, 0.25) is 0 Å². The highest BCUT2D eigenvalue weighted by molar-refractivity contribution is 9.10. The highest BCUT2D eigenvalue weighted by Crippen LogP contribution is 2.25. The first kappa shape index (κ1) is 15.4. The van der Waals surface area contributed by atoms with E-state index < -0.39 is 4.92 Å². The van der Waals surface area contributed by atoms with Gasteiger partial charge in [0.25, 0.3) is 11.6 Å². The summed E-state index contributed by atoms with van der Waals surface area (Å²) >= 11 is 3.35. The van der Waals surface area contributed by atoms with Gasteiger partial charge < -0.3 is 9.64 Å². The number of aromatic nitrogens is 1. The number of carbonyl (C=O) groups is 1. The predicted octanol–water partition coefficient (Wildman–Crippen LogP) is 2.66. The maximum atomic E-state index is 12.2. The molecule has 0 unspecified atom stereocenters. The predicted molar refractivity (Wildman–Crippen MR) is 85.4 cm³/mol. The van der Waals surface area contributed by atoms with E-state index >= 15 is 0 Å². The Labute approximate surface area is 140 Å². The van der Waals surface area contributed by atoms with Gasteiger partial charge in [-0.25, -0.2) is 4.98 Å². The van der Waals surface area contributed by atoms with Crippen LogP contribution in [0.25, 0.3) is 0 Å². The average molecular weight is 378 g/mol. The van der Waals surface area contributed by atoms with Gasteiger partial charge in [-0.15, -0.1) is 0 Å². The zero-order valence-electron chi connectivity index (χ0n) is 11.9. The molecule has 1 aliphatic rings. The molecule has 1 aromatic heterocycles. The number of pyridine rings is 1. The molecule has 0 radical (unpaired) electrons. The molecule has 2 heterocycles. The van der Waals surface area contributed by atoms with Gasteiger partial charge in [-0.3, -0.25) is 14.9 Å². The molecule has 0 bridgehead atoms. The van der Waals surface area contributed by atoms with Crippen molar-refractivity contribution >= 4 is 27.5 Å². The van der Waals surface area contributed by atoms with E-state index in [1.54, 1.807) is 17.2 Å². The van der Waals surface area contributed by atoms with Crippen molar-refractivity contribution < 1.29 is 14.5 Å². The Hall–Kier alpha value is -2.48. The Morgan fingerprint density at radius 1 is 1.30 bits per heavy atom. The summed E-state index contributed by atoms with van der Waals surface area (Å²) in [5, 5.41) is 10.6. The number of nitro benzene ring substituents is 1. The number of hydrogen-bond acceptors (Lipinski definition) is 5. The third-order valence-corrected chi connectivity index (χ3v) is 4.07. The minimum absolute atomic E-state index is 0.0358. The molecular formula is C15H12BrN3O4. The van der Waals surface area contributed by atoms with E-state index in [0.29, 0.717) is 24.5 Å². The fourth-order valence-corrected chi connectivity index (χ4v) is 2.55. The molecule has 8 heteroatoms. The number of halogens is 1. The van der Waals surface area contributed by atoms with Gasteiger partial charge in [0.2, 0.25) is 5.88 Å². The third-order valence-electron chi connectivity index (χ3n) is 3.46.